The topological polar surface area (TPSA) is 51.8 Å². The quantitative estimate of drug-likeness (QED) is 0.778. The fourth-order valence-corrected chi connectivity index (χ4v) is 3.13. The summed E-state index contributed by atoms with van der Waals surface area (Å²) in [5.74, 6) is 2.07. The van der Waals surface area contributed by atoms with E-state index in [1.807, 2.05) is 12.1 Å². The molecule has 1 aromatic carbocycles. The minimum absolute atomic E-state index is 0.496. The monoisotopic (exact) mass is 338 g/mol. The number of hydrogen-bond donors (Lipinski definition) is 2. The van der Waals surface area contributed by atoms with Gasteiger partial charge in [0, 0.05) is 24.2 Å². The highest BCUT2D eigenvalue weighted by atomic mass is 32.1. The third kappa shape index (κ3) is 4.89. The number of ether oxygens (including phenoxy) is 3. The van der Waals surface area contributed by atoms with E-state index in [-0.39, 0.29) is 0 Å². The maximum absolute atomic E-state index is 5.43. The molecule has 0 saturated heterocycles. The van der Waals surface area contributed by atoms with Crippen LogP contribution in [0.25, 0.3) is 0 Å². The molecule has 23 heavy (non-hydrogen) atoms. The Labute approximate surface area is 143 Å². The van der Waals surface area contributed by atoms with Crippen LogP contribution in [0.1, 0.15) is 37.7 Å². The normalized spacial score (nSPS) is 14.9. The summed E-state index contributed by atoms with van der Waals surface area (Å²) < 4.78 is 16.1. The van der Waals surface area contributed by atoms with Crippen molar-refractivity contribution < 1.29 is 14.2 Å². The van der Waals surface area contributed by atoms with Crippen LogP contribution in [-0.2, 0) is 6.54 Å². The van der Waals surface area contributed by atoms with E-state index in [0.717, 1.165) is 11.3 Å². The molecule has 1 aromatic rings. The van der Waals surface area contributed by atoms with Crippen molar-refractivity contribution in [2.75, 3.05) is 21.3 Å². The zero-order valence-electron chi connectivity index (χ0n) is 14.1. The lowest BCUT2D eigenvalue weighted by molar-refractivity contribution is 0.347. The summed E-state index contributed by atoms with van der Waals surface area (Å²) >= 11 is 5.40. The van der Waals surface area contributed by atoms with Gasteiger partial charge in [-0.25, -0.2) is 0 Å². The van der Waals surface area contributed by atoms with Crippen molar-refractivity contribution in [1.29, 1.82) is 0 Å². The summed E-state index contributed by atoms with van der Waals surface area (Å²) in [4.78, 5) is 0. The molecule has 5 nitrogen and oxygen atoms in total. The van der Waals surface area contributed by atoms with Gasteiger partial charge in [0.2, 0.25) is 0 Å². The van der Waals surface area contributed by atoms with Gasteiger partial charge in [-0.3, -0.25) is 0 Å². The molecule has 0 aromatic heterocycles. The smallest absolute Gasteiger partial charge is 0.166 e. The summed E-state index contributed by atoms with van der Waals surface area (Å²) in [6.45, 7) is 0.572. The second-order valence-electron chi connectivity index (χ2n) is 5.68. The molecule has 128 valence electrons. The van der Waals surface area contributed by atoms with Crippen molar-refractivity contribution in [2.24, 2.45) is 0 Å². The summed E-state index contributed by atoms with van der Waals surface area (Å²) in [5.41, 5.74) is 0.970. The van der Waals surface area contributed by atoms with Gasteiger partial charge in [-0.2, -0.15) is 0 Å². The van der Waals surface area contributed by atoms with Crippen molar-refractivity contribution in [3.8, 4) is 17.2 Å². The number of thiocarbonyl (C=S) groups is 1. The molecular weight excluding hydrogens is 312 g/mol. The third-order valence-electron chi connectivity index (χ3n) is 4.17. The van der Waals surface area contributed by atoms with Crippen LogP contribution in [0.15, 0.2) is 12.1 Å². The summed E-state index contributed by atoms with van der Waals surface area (Å²) in [6, 6.07) is 4.23. The van der Waals surface area contributed by atoms with Crippen LogP contribution < -0.4 is 24.8 Å². The van der Waals surface area contributed by atoms with E-state index in [9.17, 15) is 0 Å². The summed E-state index contributed by atoms with van der Waals surface area (Å²) in [7, 11) is 4.87. The molecule has 0 atom stereocenters. The van der Waals surface area contributed by atoms with Gasteiger partial charge in [-0.05, 0) is 31.1 Å². The van der Waals surface area contributed by atoms with Crippen molar-refractivity contribution in [1.82, 2.24) is 10.6 Å². The average Bonchev–Trinajstić information content (AvgIpc) is 2.59. The SMILES string of the molecule is COc1cc(OC)c(OC)cc1CNC(=S)NC1CCCCC1. The Morgan fingerprint density at radius 3 is 2.22 bits per heavy atom. The Bertz CT molecular complexity index is 531. The van der Waals surface area contributed by atoms with E-state index < -0.39 is 0 Å². The molecule has 2 N–H and O–H groups in total. The molecule has 2 rings (SSSR count). The number of hydrogen-bond acceptors (Lipinski definition) is 4. The van der Waals surface area contributed by atoms with E-state index in [1.165, 1.54) is 32.1 Å². The van der Waals surface area contributed by atoms with Crippen LogP contribution >= 0.6 is 12.2 Å². The third-order valence-corrected chi connectivity index (χ3v) is 4.43. The molecule has 0 unspecified atom stereocenters. The minimum atomic E-state index is 0.496. The predicted octanol–water partition coefficient (Wildman–Crippen LogP) is 3.01. The molecule has 1 saturated carbocycles. The number of benzene rings is 1. The lowest BCUT2D eigenvalue weighted by Gasteiger charge is -2.24. The molecule has 1 aliphatic rings. The average molecular weight is 338 g/mol. The van der Waals surface area contributed by atoms with E-state index in [1.54, 1.807) is 21.3 Å². The first-order valence-corrected chi connectivity index (χ1v) is 8.42. The van der Waals surface area contributed by atoms with Crippen molar-refractivity contribution in [3.05, 3.63) is 17.7 Å². The van der Waals surface area contributed by atoms with Crippen molar-refractivity contribution in [2.45, 2.75) is 44.7 Å². The first-order valence-electron chi connectivity index (χ1n) is 8.01. The molecule has 0 bridgehead atoms. The Balaban J connectivity index is 1.97. The highest BCUT2D eigenvalue weighted by Crippen LogP contribution is 2.34. The highest BCUT2D eigenvalue weighted by molar-refractivity contribution is 7.80. The van der Waals surface area contributed by atoms with Gasteiger partial charge in [-0.15, -0.1) is 0 Å². The fraction of sp³-hybridized carbons (Fsp3) is 0.588. The highest BCUT2D eigenvalue weighted by Gasteiger charge is 2.15. The van der Waals surface area contributed by atoms with E-state index in [2.05, 4.69) is 10.6 Å². The Kier molecular flexibility index (Phi) is 6.77. The van der Waals surface area contributed by atoms with Crippen LogP contribution in [-0.4, -0.2) is 32.5 Å². The molecule has 1 aliphatic carbocycles. The maximum Gasteiger partial charge on any atom is 0.166 e. The lowest BCUT2D eigenvalue weighted by Crippen LogP contribution is -2.42. The van der Waals surface area contributed by atoms with Crippen molar-refractivity contribution >= 4 is 17.3 Å². The molecule has 1 fully saturated rings. The first kappa shape index (κ1) is 17.7. The number of methoxy groups -OCH3 is 3. The summed E-state index contributed by atoms with van der Waals surface area (Å²) in [6.07, 6.45) is 6.29. The van der Waals surface area contributed by atoms with Crippen LogP contribution in [0.5, 0.6) is 17.2 Å². The fourth-order valence-electron chi connectivity index (χ4n) is 2.89. The molecule has 0 heterocycles. The van der Waals surface area contributed by atoms with E-state index in [0.29, 0.717) is 29.2 Å². The zero-order chi connectivity index (χ0) is 16.7. The first-order chi connectivity index (χ1) is 11.2. The molecule has 0 amide bonds. The second kappa shape index (κ2) is 8.82. The van der Waals surface area contributed by atoms with Gasteiger partial charge in [0.15, 0.2) is 16.6 Å². The second-order valence-corrected chi connectivity index (χ2v) is 6.09. The standard InChI is InChI=1S/C17H26N2O3S/c1-20-14-10-16(22-3)15(21-2)9-12(14)11-18-17(23)19-13-7-5-4-6-8-13/h9-10,13H,4-8,11H2,1-3H3,(H2,18,19,23). The van der Waals surface area contributed by atoms with Gasteiger partial charge in [0.05, 0.1) is 21.3 Å². The Morgan fingerprint density at radius 2 is 1.61 bits per heavy atom. The van der Waals surface area contributed by atoms with Gasteiger partial charge >= 0.3 is 0 Å². The molecule has 0 radical (unpaired) electrons. The van der Waals surface area contributed by atoms with Crippen LogP contribution in [0.3, 0.4) is 0 Å². The van der Waals surface area contributed by atoms with Crippen LogP contribution in [0, 0.1) is 0 Å². The Morgan fingerprint density at radius 1 is 1.00 bits per heavy atom. The Hall–Kier alpha value is -1.69. The molecular formula is C17H26N2O3S. The van der Waals surface area contributed by atoms with Gasteiger partial charge in [-0.1, -0.05) is 19.3 Å². The largest absolute Gasteiger partial charge is 0.496 e. The van der Waals surface area contributed by atoms with Gasteiger partial charge < -0.3 is 24.8 Å². The minimum Gasteiger partial charge on any atom is -0.496 e. The lowest BCUT2D eigenvalue weighted by atomic mass is 9.96. The predicted molar refractivity (Wildman–Crippen MR) is 95.5 cm³/mol. The maximum atomic E-state index is 5.43. The van der Waals surface area contributed by atoms with Gasteiger partial charge in [0.25, 0.3) is 0 Å². The van der Waals surface area contributed by atoms with Crippen LogP contribution in [0.4, 0.5) is 0 Å². The van der Waals surface area contributed by atoms with Crippen LogP contribution in [0.2, 0.25) is 0 Å². The van der Waals surface area contributed by atoms with Gasteiger partial charge in [0.1, 0.15) is 5.75 Å². The number of nitrogens with one attached hydrogen (secondary N) is 2. The molecule has 0 spiro atoms. The zero-order valence-corrected chi connectivity index (χ0v) is 14.9. The van der Waals surface area contributed by atoms with E-state index in [4.69, 9.17) is 26.4 Å². The number of rotatable bonds is 6. The van der Waals surface area contributed by atoms with Crippen molar-refractivity contribution in [3.63, 3.8) is 0 Å². The molecule has 6 heteroatoms. The summed E-state index contributed by atoms with van der Waals surface area (Å²) in [5, 5.41) is 7.34. The van der Waals surface area contributed by atoms with E-state index >= 15 is 0 Å². The molecule has 0 aliphatic heterocycles.